The zero-order valence-electron chi connectivity index (χ0n) is 6.84. The van der Waals surface area contributed by atoms with Crippen molar-refractivity contribution >= 4 is 0 Å². The first-order valence-electron chi connectivity index (χ1n) is 3.93. The second-order valence-corrected chi connectivity index (χ2v) is 2.76. The van der Waals surface area contributed by atoms with E-state index in [1.54, 1.807) is 7.11 Å². The summed E-state index contributed by atoms with van der Waals surface area (Å²) in [6.45, 7) is 4.37. The maximum Gasteiger partial charge on any atom is 0.107 e. The topological polar surface area (TPSA) is 12.5 Å². The summed E-state index contributed by atoms with van der Waals surface area (Å²) in [6, 6.07) is 0. The third-order valence-electron chi connectivity index (χ3n) is 2.07. The van der Waals surface area contributed by atoms with E-state index in [1.165, 1.54) is 19.4 Å². The predicted octanol–water partition coefficient (Wildman–Crippen LogP) is 1.28. The van der Waals surface area contributed by atoms with Gasteiger partial charge in [0.15, 0.2) is 0 Å². The van der Waals surface area contributed by atoms with Crippen LogP contribution in [0, 0.1) is 6.42 Å². The van der Waals surface area contributed by atoms with Crippen LogP contribution >= 0.6 is 0 Å². The van der Waals surface area contributed by atoms with Gasteiger partial charge >= 0.3 is 0 Å². The molecule has 0 N–H and O–H groups in total. The summed E-state index contributed by atoms with van der Waals surface area (Å²) in [5, 5.41) is 0. The maximum atomic E-state index is 5.20. The Labute approximate surface area is 63.2 Å². The number of hydrogen-bond acceptors (Lipinski definition) is 2. The molecule has 2 heteroatoms. The second kappa shape index (κ2) is 3.94. The molecule has 1 aliphatic heterocycles. The van der Waals surface area contributed by atoms with Gasteiger partial charge in [0.05, 0.1) is 0 Å². The van der Waals surface area contributed by atoms with Crippen LogP contribution in [0.15, 0.2) is 0 Å². The Bertz CT molecular complexity index is 89.3. The molecular formula is C8H16NO. The number of hydrogen-bond donors (Lipinski definition) is 0. The number of nitrogens with zero attached hydrogens (tertiary/aromatic N) is 1. The van der Waals surface area contributed by atoms with E-state index in [2.05, 4.69) is 18.2 Å². The predicted molar refractivity (Wildman–Crippen MR) is 41.6 cm³/mol. The van der Waals surface area contributed by atoms with Crippen LogP contribution in [0.1, 0.15) is 19.8 Å². The quantitative estimate of drug-likeness (QED) is 0.576. The minimum absolute atomic E-state index is 0.288. The molecule has 10 heavy (non-hydrogen) atoms. The van der Waals surface area contributed by atoms with Gasteiger partial charge in [0.2, 0.25) is 0 Å². The average molecular weight is 142 g/mol. The van der Waals surface area contributed by atoms with E-state index in [0.29, 0.717) is 0 Å². The molecule has 1 rings (SSSR count). The van der Waals surface area contributed by atoms with Crippen molar-refractivity contribution in [2.45, 2.75) is 26.0 Å². The molecule has 0 aliphatic carbocycles. The highest BCUT2D eigenvalue weighted by Crippen LogP contribution is 2.10. The lowest BCUT2D eigenvalue weighted by atomic mass is 10.1. The number of ether oxygens (including phenoxy) is 1. The molecule has 0 spiro atoms. The molecule has 0 saturated carbocycles. The van der Waals surface area contributed by atoms with Crippen LogP contribution in [0.25, 0.3) is 0 Å². The molecule has 0 amide bonds. The molecule has 0 aromatic heterocycles. The van der Waals surface area contributed by atoms with Crippen molar-refractivity contribution in [2.75, 3.05) is 20.2 Å². The van der Waals surface area contributed by atoms with Crippen LogP contribution in [0.4, 0.5) is 0 Å². The van der Waals surface area contributed by atoms with Gasteiger partial charge in [-0.15, -0.1) is 0 Å². The van der Waals surface area contributed by atoms with Crippen LogP contribution in [0.3, 0.4) is 0 Å². The minimum Gasteiger partial charge on any atom is -0.367 e. The summed E-state index contributed by atoms with van der Waals surface area (Å²) >= 11 is 0. The summed E-state index contributed by atoms with van der Waals surface area (Å²) in [5.41, 5.74) is 0. The summed E-state index contributed by atoms with van der Waals surface area (Å²) < 4.78 is 5.20. The first-order valence-corrected chi connectivity index (χ1v) is 3.93. The second-order valence-electron chi connectivity index (χ2n) is 2.76. The number of methoxy groups -OCH3 is 1. The average Bonchev–Trinajstić information content (AvgIpc) is 2.05. The molecule has 1 aliphatic rings. The van der Waals surface area contributed by atoms with Gasteiger partial charge < -0.3 is 4.74 Å². The fraction of sp³-hybridized carbons (Fsp3) is 0.875. The molecule has 1 unspecified atom stereocenters. The van der Waals surface area contributed by atoms with Crippen molar-refractivity contribution in [1.82, 2.24) is 4.90 Å². The highest BCUT2D eigenvalue weighted by atomic mass is 16.5. The van der Waals surface area contributed by atoms with Crippen LogP contribution in [-0.4, -0.2) is 31.3 Å². The molecule has 0 bridgehead atoms. The number of rotatable bonds is 2. The summed E-state index contributed by atoms with van der Waals surface area (Å²) in [5.74, 6) is 0. The molecule has 2 nitrogen and oxygen atoms in total. The highest BCUT2D eigenvalue weighted by molar-refractivity contribution is 4.78. The van der Waals surface area contributed by atoms with Crippen molar-refractivity contribution in [2.24, 2.45) is 0 Å². The van der Waals surface area contributed by atoms with E-state index >= 15 is 0 Å². The van der Waals surface area contributed by atoms with E-state index in [0.717, 1.165) is 6.54 Å². The lowest BCUT2D eigenvalue weighted by Gasteiger charge is -2.30. The molecule has 59 valence electrons. The smallest absolute Gasteiger partial charge is 0.107 e. The Morgan fingerprint density at radius 3 is 2.90 bits per heavy atom. The summed E-state index contributed by atoms with van der Waals surface area (Å²) in [7, 11) is 1.76. The number of piperidine rings is 1. The standard InChI is InChI=1S/C8H16NO/c1-8(10-2)9-6-4-3-5-7-9/h4,8H,3,5-7H2,1-2H3. The first kappa shape index (κ1) is 8.02. The fourth-order valence-electron chi connectivity index (χ4n) is 1.27. The maximum absolute atomic E-state index is 5.20. The van der Waals surface area contributed by atoms with Crippen molar-refractivity contribution in [3.63, 3.8) is 0 Å². The van der Waals surface area contributed by atoms with Crippen molar-refractivity contribution in [1.29, 1.82) is 0 Å². The number of likely N-dealkylation sites (tertiary alicyclic amines) is 1. The van der Waals surface area contributed by atoms with Gasteiger partial charge in [-0.1, -0.05) is 0 Å². The van der Waals surface area contributed by atoms with E-state index < -0.39 is 0 Å². The lowest BCUT2D eigenvalue weighted by Crippen LogP contribution is -2.38. The molecular weight excluding hydrogens is 126 g/mol. The van der Waals surface area contributed by atoms with Gasteiger partial charge in [-0.25, -0.2) is 0 Å². The van der Waals surface area contributed by atoms with Gasteiger partial charge in [-0.05, 0) is 26.2 Å². The van der Waals surface area contributed by atoms with E-state index in [9.17, 15) is 0 Å². The van der Waals surface area contributed by atoms with Gasteiger partial charge in [-0.2, -0.15) is 0 Å². The molecule has 1 radical (unpaired) electrons. The SMILES string of the molecule is COC(C)N1C[CH]CCC1. The zero-order valence-corrected chi connectivity index (χ0v) is 6.84. The molecule has 1 fully saturated rings. The first-order chi connectivity index (χ1) is 4.84. The van der Waals surface area contributed by atoms with Gasteiger partial charge in [0, 0.05) is 20.2 Å². The Balaban J connectivity index is 2.24. The Kier molecular flexibility index (Phi) is 3.16. The monoisotopic (exact) mass is 142 g/mol. The van der Waals surface area contributed by atoms with Gasteiger partial charge in [-0.3, -0.25) is 4.90 Å². The van der Waals surface area contributed by atoms with Crippen LogP contribution < -0.4 is 0 Å². The highest BCUT2D eigenvalue weighted by Gasteiger charge is 2.15. The molecule has 0 aromatic rings. The van der Waals surface area contributed by atoms with Crippen LogP contribution in [0.2, 0.25) is 0 Å². The Hall–Kier alpha value is -0.0800. The molecule has 1 atom stereocenters. The van der Waals surface area contributed by atoms with Gasteiger partial charge in [0.25, 0.3) is 0 Å². The summed E-state index contributed by atoms with van der Waals surface area (Å²) in [4.78, 5) is 2.34. The Morgan fingerprint density at radius 2 is 2.40 bits per heavy atom. The molecule has 1 saturated heterocycles. The van der Waals surface area contributed by atoms with E-state index in [-0.39, 0.29) is 6.23 Å². The van der Waals surface area contributed by atoms with Crippen LogP contribution in [-0.2, 0) is 4.74 Å². The molecule has 1 heterocycles. The van der Waals surface area contributed by atoms with Crippen molar-refractivity contribution in [3.8, 4) is 0 Å². The lowest BCUT2D eigenvalue weighted by molar-refractivity contribution is -0.0202. The van der Waals surface area contributed by atoms with Crippen LogP contribution in [0.5, 0.6) is 0 Å². The normalized spacial score (nSPS) is 24.6. The third-order valence-corrected chi connectivity index (χ3v) is 2.07. The minimum atomic E-state index is 0.288. The molecule has 0 aromatic carbocycles. The summed E-state index contributed by atoms with van der Waals surface area (Å²) in [6.07, 6.45) is 5.16. The van der Waals surface area contributed by atoms with E-state index in [1.807, 2.05) is 0 Å². The largest absolute Gasteiger partial charge is 0.367 e. The van der Waals surface area contributed by atoms with Gasteiger partial charge in [0.1, 0.15) is 6.23 Å². The van der Waals surface area contributed by atoms with Crippen molar-refractivity contribution in [3.05, 3.63) is 6.42 Å². The Morgan fingerprint density at radius 1 is 1.60 bits per heavy atom. The third kappa shape index (κ3) is 1.96. The fourth-order valence-corrected chi connectivity index (χ4v) is 1.27. The zero-order chi connectivity index (χ0) is 7.40. The van der Waals surface area contributed by atoms with Crippen molar-refractivity contribution < 1.29 is 4.74 Å². The van der Waals surface area contributed by atoms with E-state index in [4.69, 9.17) is 4.74 Å².